The molecule has 0 aliphatic carbocycles. The van der Waals surface area contributed by atoms with Crippen LogP contribution in [-0.4, -0.2) is 20.5 Å². The van der Waals surface area contributed by atoms with Gasteiger partial charge in [0.15, 0.2) is 17.3 Å². The van der Waals surface area contributed by atoms with E-state index in [0.717, 1.165) is 4.47 Å². The van der Waals surface area contributed by atoms with E-state index >= 15 is 0 Å². The van der Waals surface area contributed by atoms with Crippen LogP contribution in [0.15, 0.2) is 85.4 Å². The topological polar surface area (TPSA) is 99.1 Å². The van der Waals surface area contributed by atoms with E-state index in [2.05, 4.69) is 25.9 Å². The molecule has 0 aliphatic heterocycles. The number of benzene rings is 1. The highest BCUT2D eigenvalue weighted by Crippen LogP contribution is 2.34. The molecule has 32 heavy (non-hydrogen) atoms. The zero-order chi connectivity index (χ0) is 22.2. The van der Waals surface area contributed by atoms with Gasteiger partial charge < -0.3 is 8.83 Å². The van der Waals surface area contributed by atoms with Crippen molar-refractivity contribution >= 4 is 50.9 Å². The predicted octanol–water partition coefficient (Wildman–Crippen LogP) is 6.93. The first kappa shape index (κ1) is 20.2. The number of aromatic nitrogens is 2. The minimum Gasteiger partial charge on any atom is -0.463 e. The number of fused-ring (bicyclic) bond motifs is 1. The number of furan rings is 2. The average molecular weight is 512 g/mol. The van der Waals surface area contributed by atoms with Crippen molar-refractivity contribution in [1.29, 1.82) is 0 Å². The standard InChI is InChI=1S/C22H12BrClN4O4/c23-13-3-8-20-26-21(19-2-1-9-31-19)22(27(20)12-13)25-11-15-5-7-18(32-15)16-6-4-14(28(29)30)10-17(16)24/h1-12H. The third-order valence-electron chi connectivity index (χ3n) is 4.68. The van der Waals surface area contributed by atoms with Crippen molar-refractivity contribution in [3.63, 3.8) is 0 Å². The predicted molar refractivity (Wildman–Crippen MR) is 124 cm³/mol. The van der Waals surface area contributed by atoms with Crippen LogP contribution in [-0.2, 0) is 0 Å². The Morgan fingerprint density at radius 3 is 2.78 bits per heavy atom. The summed E-state index contributed by atoms with van der Waals surface area (Å²) < 4.78 is 14.1. The highest BCUT2D eigenvalue weighted by atomic mass is 79.9. The van der Waals surface area contributed by atoms with Crippen molar-refractivity contribution in [3.8, 4) is 22.8 Å². The number of rotatable bonds is 5. The summed E-state index contributed by atoms with van der Waals surface area (Å²) in [7, 11) is 0. The summed E-state index contributed by atoms with van der Waals surface area (Å²) in [6.07, 6.45) is 5.01. The fourth-order valence-electron chi connectivity index (χ4n) is 3.22. The maximum absolute atomic E-state index is 10.9. The second-order valence-corrected chi connectivity index (χ2v) is 8.04. The van der Waals surface area contributed by atoms with Crippen molar-refractivity contribution in [1.82, 2.24) is 9.38 Å². The van der Waals surface area contributed by atoms with Gasteiger partial charge in [-0.2, -0.15) is 0 Å². The van der Waals surface area contributed by atoms with Gasteiger partial charge in [-0.15, -0.1) is 0 Å². The van der Waals surface area contributed by atoms with Crippen LogP contribution in [0.4, 0.5) is 11.5 Å². The van der Waals surface area contributed by atoms with E-state index in [-0.39, 0.29) is 10.7 Å². The van der Waals surface area contributed by atoms with Crippen LogP contribution >= 0.6 is 27.5 Å². The molecule has 0 N–H and O–H groups in total. The molecule has 10 heteroatoms. The number of pyridine rings is 1. The van der Waals surface area contributed by atoms with Crippen molar-refractivity contribution < 1.29 is 13.8 Å². The van der Waals surface area contributed by atoms with Gasteiger partial charge in [0.1, 0.15) is 17.2 Å². The Kier molecular flexibility index (Phi) is 5.12. The van der Waals surface area contributed by atoms with E-state index in [9.17, 15) is 10.1 Å². The third-order valence-corrected chi connectivity index (χ3v) is 5.46. The van der Waals surface area contributed by atoms with Crippen LogP contribution in [0.25, 0.3) is 28.4 Å². The van der Waals surface area contributed by atoms with E-state index in [0.29, 0.717) is 40.0 Å². The Balaban J connectivity index is 1.52. The first-order valence-electron chi connectivity index (χ1n) is 9.29. The number of imidazole rings is 1. The smallest absolute Gasteiger partial charge is 0.270 e. The highest BCUT2D eigenvalue weighted by molar-refractivity contribution is 9.10. The molecule has 0 bridgehead atoms. The Morgan fingerprint density at radius 1 is 1.16 bits per heavy atom. The number of nitro groups is 1. The molecule has 158 valence electrons. The van der Waals surface area contributed by atoms with Gasteiger partial charge in [0.05, 0.1) is 22.4 Å². The maximum atomic E-state index is 10.9. The molecular formula is C22H12BrClN4O4. The van der Waals surface area contributed by atoms with E-state index in [1.165, 1.54) is 12.1 Å². The molecule has 0 amide bonds. The molecule has 1 aromatic carbocycles. The molecule has 0 spiro atoms. The molecule has 0 saturated heterocycles. The lowest BCUT2D eigenvalue weighted by atomic mass is 10.1. The normalized spacial score (nSPS) is 11.6. The van der Waals surface area contributed by atoms with Crippen LogP contribution in [0.3, 0.4) is 0 Å². The molecule has 0 saturated carbocycles. The summed E-state index contributed by atoms with van der Waals surface area (Å²) in [5.74, 6) is 2.11. The summed E-state index contributed by atoms with van der Waals surface area (Å²) in [4.78, 5) is 19.7. The number of nitro benzene ring substituents is 1. The number of aliphatic imine (C=N–C) groups is 1. The molecule has 0 unspecified atom stereocenters. The summed E-state index contributed by atoms with van der Waals surface area (Å²) in [6, 6.07) is 15.1. The molecule has 4 heterocycles. The van der Waals surface area contributed by atoms with Crippen molar-refractivity contribution in [3.05, 3.63) is 92.4 Å². The minimum atomic E-state index is -0.499. The SMILES string of the molecule is O=[N+]([O-])c1ccc(-c2ccc(C=Nc3c(-c4ccco4)nc4ccc(Br)cn34)o2)c(Cl)c1. The number of halogens is 2. The first-order chi connectivity index (χ1) is 15.5. The summed E-state index contributed by atoms with van der Waals surface area (Å²) in [6.45, 7) is 0. The van der Waals surface area contributed by atoms with Gasteiger partial charge in [-0.1, -0.05) is 11.6 Å². The van der Waals surface area contributed by atoms with E-state index in [1.54, 1.807) is 36.7 Å². The average Bonchev–Trinajstić information content (AvgIpc) is 3.52. The van der Waals surface area contributed by atoms with Gasteiger partial charge >= 0.3 is 0 Å². The van der Waals surface area contributed by atoms with Gasteiger partial charge in [0.25, 0.3) is 5.69 Å². The minimum absolute atomic E-state index is 0.0867. The lowest BCUT2D eigenvalue weighted by Crippen LogP contribution is -1.88. The maximum Gasteiger partial charge on any atom is 0.270 e. The summed E-state index contributed by atoms with van der Waals surface area (Å²) in [5, 5.41) is 11.1. The third kappa shape index (κ3) is 3.72. The number of hydrogen-bond acceptors (Lipinski definition) is 6. The Bertz CT molecular complexity index is 1490. The first-order valence-corrected chi connectivity index (χ1v) is 10.5. The summed E-state index contributed by atoms with van der Waals surface area (Å²) in [5.41, 5.74) is 1.77. The quantitative estimate of drug-likeness (QED) is 0.145. The molecular weight excluding hydrogens is 500 g/mol. The van der Waals surface area contributed by atoms with Crippen LogP contribution in [0.5, 0.6) is 0 Å². The summed E-state index contributed by atoms with van der Waals surface area (Å²) >= 11 is 9.68. The molecule has 8 nitrogen and oxygen atoms in total. The molecule has 0 radical (unpaired) electrons. The molecule has 0 atom stereocenters. The molecule has 5 aromatic rings. The Labute approximate surface area is 194 Å². The van der Waals surface area contributed by atoms with Crippen molar-refractivity contribution in [2.45, 2.75) is 0 Å². The van der Waals surface area contributed by atoms with Crippen molar-refractivity contribution in [2.24, 2.45) is 4.99 Å². The van der Waals surface area contributed by atoms with Crippen LogP contribution in [0.1, 0.15) is 5.76 Å². The van der Waals surface area contributed by atoms with Crippen molar-refractivity contribution in [2.75, 3.05) is 0 Å². The van der Waals surface area contributed by atoms with Crippen LogP contribution < -0.4 is 0 Å². The fraction of sp³-hybridized carbons (Fsp3) is 0. The van der Waals surface area contributed by atoms with Gasteiger partial charge in [-0.3, -0.25) is 14.5 Å². The number of nitrogens with zero attached hydrogens (tertiary/aromatic N) is 4. The molecule has 5 rings (SSSR count). The fourth-order valence-corrected chi connectivity index (χ4v) is 3.82. The molecule has 0 fully saturated rings. The largest absolute Gasteiger partial charge is 0.463 e. The molecule has 4 aromatic heterocycles. The Morgan fingerprint density at radius 2 is 2.03 bits per heavy atom. The zero-order valence-electron chi connectivity index (χ0n) is 16.1. The highest BCUT2D eigenvalue weighted by Gasteiger charge is 2.17. The van der Waals surface area contributed by atoms with Gasteiger partial charge in [0, 0.05) is 28.4 Å². The second-order valence-electron chi connectivity index (χ2n) is 6.72. The van der Waals surface area contributed by atoms with E-state index in [4.69, 9.17) is 20.4 Å². The molecule has 0 aliphatic rings. The zero-order valence-corrected chi connectivity index (χ0v) is 18.4. The second kappa shape index (κ2) is 8.10. The number of non-ortho nitro benzene ring substituents is 1. The Hall–Kier alpha value is -3.69. The van der Waals surface area contributed by atoms with Crippen LogP contribution in [0, 0.1) is 10.1 Å². The lowest BCUT2D eigenvalue weighted by Gasteiger charge is -2.00. The van der Waals surface area contributed by atoms with Gasteiger partial charge in [-0.25, -0.2) is 9.98 Å². The van der Waals surface area contributed by atoms with Crippen LogP contribution in [0.2, 0.25) is 5.02 Å². The number of hydrogen-bond donors (Lipinski definition) is 0. The van der Waals surface area contributed by atoms with Gasteiger partial charge in [-0.05, 0) is 58.4 Å². The lowest BCUT2D eigenvalue weighted by molar-refractivity contribution is -0.384. The van der Waals surface area contributed by atoms with Gasteiger partial charge in [0.2, 0.25) is 0 Å². The monoisotopic (exact) mass is 510 g/mol. The van der Waals surface area contributed by atoms with E-state index < -0.39 is 4.92 Å². The van der Waals surface area contributed by atoms with E-state index in [1.807, 2.05) is 28.8 Å².